The molecule has 0 fully saturated rings. The van der Waals surface area contributed by atoms with Gasteiger partial charge in [0, 0.05) is 29.5 Å². The van der Waals surface area contributed by atoms with Crippen molar-refractivity contribution < 1.29 is 133 Å². The Kier molecular flexibility index (Phi) is 17.9. The fourth-order valence-corrected chi connectivity index (χ4v) is 6.53. The van der Waals surface area contributed by atoms with Crippen LogP contribution < -0.4 is 27.3 Å². The third-order valence-electron chi connectivity index (χ3n) is 9.64. The Hall–Kier alpha value is -6.54. The van der Waals surface area contributed by atoms with E-state index in [-0.39, 0.29) is 18.6 Å². The molecule has 0 atom stereocenters. The molecule has 7 aromatic rings. The van der Waals surface area contributed by atoms with Crippen molar-refractivity contribution >= 4 is 40.6 Å². The van der Waals surface area contributed by atoms with Crippen molar-refractivity contribution in [1.29, 1.82) is 0 Å². The second-order valence-electron chi connectivity index (χ2n) is 13.5. The first kappa shape index (κ1) is 57.0. The molecule has 0 aromatic heterocycles. The van der Waals surface area contributed by atoms with Crippen molar-refractivity contribution in [1.82, 2.24) is 0 Å². The predicted molar refractivity (Wildman–Crippen MR) is 195 cm³/mol. The second-order valence-corrected chi connectivity index (χ2v) is 13.5. The van der Waals surface area contributed by atoms with Crippen LogP contribution in [0, 0.1) is 145 Å². The maximum absolute atomic E-state index is 15.9. The van der Waals surface area contributed by atoms with Crippen molar-refractivity contribution in [2.75, 3.05) is 0 Å². The van der Waals surface area contributed by atoms with E-state index in [1.54, 1.807) is 0 Å². The summed E-state index contributed by atoms with van der Waals surface area (Å²) < 4.78 is 379. The van der Waals surface area contributed by atoms with Crippen LogP contribution >= 0.6 is 0 Å². The second kappa shape index (κ2) is 22.3. The molecule has 0 spiro atoms. The van der Waals surface area contributed by atoms with E-state index in [0.29, 0.717) is 0 Å². The third-order valence-corrected chi connectivity index (χ3v) is 9.64. The van der Waals surface area contributed by atoms with Crippen molar-refractivity contribution in [2.45, 2.75) is 0 Å². The van der Waals surface area contributed by atoms with E-state index < -0.39 is 186 Å². The Morgan fingerprint density at radius 1 is 0.211 bits per heavy atom. The summed E-state index contributed by atoms with van der Waals surface area (Å²) >= 11 is 0. The van der Waals surface area contributed by atoms with Gasteiger partial charge in [0.1, 0.15) is 34.9 Å². The molecule has 0 aliphatic carbocycles. The van der Waals surface area contributed by atoms with Crippen LogP contribution in [-0.2, 0) is 23.1 Å². The smallest absolute Gasteiger partial charge is 0.329 e. The SMILES string of the molecule is Fc1c(F)c(F)c(B(O[B-](c2c(F)c(F)c(F)c(F)c2F)(c2c(F)c(F)c(F)c(F)c2F)c2c(F)c(F)c(F)c(F)c2F)c2c(F)c(F)c(F)c(F)c2F)c(F)c1F.[V].c1ccccc1.c1ccccc1. The largest absolute Gasteiger partial charge is 0.639 e. The minimum atomic E-state index is -7.68. The molecule has 29 heteroatoms. The predicted octanol–water partition coefficient (Wildman–Crippen LogP) is 10.3. The summed E-state index contributed by atoms with van der Waals surface area (Å²) in [5, 5.41) is 0. The van der Waals surface area contributed by atoms with E-state index in [4.69, 9.17) is 0 Å². The first-order valence-electron chi connectivity index (χ1n) is 18.1. The van der Waals surface area contributed by atoms with Gasteiger partial charge in [0.05, 0.1) is 0 Å². The van der Waals surface area contributed by atoms with E-state index >= 15 is 43.9 Å². The van der Waals surface area contributed by atoms with Crippen molar-refractivity contribution in [2.24, 2.45) is 0 Å². The summed E-state index contributed by atoms with van der Waals surface area (Å²) in [4.78, 5) is 0. The Morgan fingerprint density at radius 2 is 0.338 bits per heavy atom. The summed E-state index contributed by atoms with van der Waals surface area (Å²) in [7, 11) is 0. The van der Waals surface area contributed by atoms with E-state index in [0.717, 1.165) is 0 Å². The van der Waals surface area contributed by atoms with Crippen molar-refractivity contribution in [3.05, 3.63) is 218 Å². The standard InChI is InChI=1S/C30B2F25O.2C6H6.V/c33-6-1(7(34)17(44)26(53)16(6)43)31(2-8(35)18(45)27(54)19(46)9(2)36)58-32(3-10(37)20(47)28(55)21(48)11(3)38,4-12(39)22(49)29(56)23(50)13(4)40)5-14(41)24(51)30(57)25(52)15(5)42;2*1-2-4-6-5-3-1;/h;2*1-6H;/q-1;;;. The topological polar surface area (TPSA) is 9.23 Å². The van der Waals surface area contributed by atoms with E-state index in [1.807, 2.05) is 72.8 Å². The molecular weight excluding hydrogens is 1070 g/mol. The molecule has 7 rings (SSSR count). The fourth-order valence-electron chi connectivity index (χ4n) is 6.53. The first-order valence-corrected chi connectivity index (χ1v) is 18.1. The van der Waals surface area contributed by atoms with Gasteiger partial charge in [-0.1, -0.05) is 89.2 Å². The Bertz CT molecular complexity index is 2700. The molecule has 0 unspecified atom stereocenters. The summed E-state index contributed by atoms with van der Waals surface area (Å²) in [6.45, 7) is -5.16. The zero-order valence-corrected chi connectivity index (χ0v) is 34.8. The monoisotopic (exact) mass is 1080 g/mol. The summed E-state index contributed by atoms with van der Waals surface area (Å²) in [5.74, 6) is -92.3. The van der Waals surface area contributed by atoms with E-state index in [9.17, 15) is 65.9 Å². The average molecular weight is 1080 g/mol. The van der Waals surface area contributed by atoms with E-state index in [1.165, 1.54) is 0 Å². The number of hydrogen-bond donors (Lipinski definition) is 0. The minimum absolute atomic E-state index is 0. The summed E-state index contributed by atoms with van der Waals surface area (Å²) in [6, 6.07) is 24.0. The molecule has 1 radical (unpaired) electrons. The van der Waals surface area contributed by atoms with Crippen LogP contribution in [0.3, 0.4) is 0 Å². The molecule has 0 bridgehead atoms. The molecule has 1 nitrogen and oxygen atoms in total. The normalized spacial score (nSPS) is 11.1. The molecule has 7 aromatic carbocycles. The summed E-state index contributed by atoms with van der Waals surface area (Å²) in [6.07, 6.45) is -7.68. The van der Waals surface area contributed by atoms with Gasteiger partial charge in [-0.2, -0.15) is 0 Å². The molecule has 0 aliphatic heterocycles. The van der Waals surface area contributed by atoms with Crippen LogP contribution in [0.4, 0.5) is 110 Å². The van der Waals surface area contributed by atoms with E-state index in [2.05, 4.69) is 4.57 Å². The van der Waals surface area contributed by atoms with Gasteiger partial charge in [0.25, 0.3) is 0 Å². The molecule has 0 aliphatic rings. The quantitative estimate of drug-likeness (QED) is 0.0669. The third kappa shape index (κ3) is 9.79. The zero-order valence-electron chi connectivity index (χ0n) is 33.4. The maximum atomic E-state index is 15.9. The molecule has 0 saturated heterocycles. The van der Waals surface area contributed by atoms with Crippen LogP contribution in [0.2, 0.25) is 0 Å². The summed E-state index contributed by atoms with van der Waals surface area (Å²) in [5.41, 5.74) is -18.5. The van der Waals surface area contributed by atoms with Crippen molar-refractivity contribution in [3.8, 4) is 0 Å². The Labute approximate surface area is 391 Å². The van der Waals surface area contributed by atoms with Gasteiger partial charge >= 0.3 is 6.92 Å². The molecule has 0 N–H and O–H groups in total. The molecule has 0 amide bonds. The van der Waals surface area contributed by atoms with Crippen LogP contribution in [0.25, 0.3) is 0 Å². The fraction of sp³-hybridized carbons (Fsp3) is 0. The van der Waals surface area contributed by atoms with Gasteiger partial charge in [0.15, 0.2) is 111 Å². The van der Waals surface area contributed by atoms with Crippen LogP contribution in [0.15, 0.2) is 72.8 Å². The molecular formula is C42H12B2F25OV-. The van der Waals surface area contributed by atoms with Crippen LogP contribution in [0.5, 0.6) is 0 Å². The van der Waals surface area contributed by atoms with Gasteiger partial charge in [0.2, 0.25) is 6.35 Å². The Morgan fingerprint density at radius 3 is 0.493 bits per heavy atom. The van der Waals surface area contributed by atoms with Crippen molar-refractivity contribution in [3.63, 3.8) is 0 Å². The molecule has 71 heavy (non-hydrogen) atoms. The van der Waals surface area contributed by atoms with Gasteiger partial charge < -0.3 is 4.57 Å². The minimum Gasteiger partial charge on any atom is -0.639 e. The molecule has 0 heterocycles. The van der Waals surface area contributed by atoms with Gasteiger partial charge in [-0.15, -0.1) is 0 Å². The van der Waals surface area contributed by atoms with Gasteiger partial charge in [-0.05, 0) is 0 Å². The first-order chi connectivity index (χ1) is 32.7. The maximum Gasteiger partial charge on any atom is 0.329 e. The number of benzene rings is 7. The number of rotatable bonds is 7. The number of hydrogen-bond acceptors (Lipinski definition) is 1. The van der Waals surface area contributed by atoms with Gasteiger partial charge in [-0.3, -0.25) is 0 Å². The van der Waals surface area contributed by atoms with Crippen LogP contribution in [0.1, 0.15) is 0 Å². The molecule has 373 valence electrons. The Balaban J connectivity index is 0.000000733. The molecule has 0 saturated carbocycles. The van der Waals surface area contributed by atoms with Gasteiger partial charge in [-0.25, -0.2) is 110 Å². The number of halogens is 25. The van der Waals surface area contributed by atoms with Crippen LogP contribution in [-0.4, -0.2) is 13.3 Å². The zero-order chi connectivity index (χ0) is 52.6. The average Bonchev–Trinajstić information content (AvgIpc) is 3.36.